The Morgan fingerprint density at radius 3 is 2.65 bits per heavy atom. The van der Waals surface area contributed by atoms with E-state index in [9.17, 15) is 5.11 Å². The molecule has 0 spiro atoms. The second kappa shape index (κ2) is 4.87. The number of halogens is 1. The zero-order valence-corrected chi connectivity index (χ0v) is 11.4. The molecule has 2 nitrogen and oxygen atoms in total. The standard InChI is InChI=1S/C14H20ClNO/c1-9-6-12(9)8-16(3)14-5-4-11(10(2)17)7-13(14)15/h4-5,7,9-10,12,17H,6,8H2,1-3H3. The smallest absolute Gasteiger partial charge is 0.0762 e. The van der Waals surface area contributed by atoms with Crippen LogP contribution in [0.15, 0.2) is 18.2 Å². The van der Waals surface area contributed by atoms with Crippen LogP contribution in [0.3, 0.4) is 0 Å². The molecule has 1 N–H and O–H groups in total. The average Bonchev–Trinajstić information content (AvgIpc) is 2.93. The highest BCUT2D eigenvalue weighted by Gasteiger charge is 2.33. The van der Waals surface area contributed by atoms with Crippen molar-refractivity contribution in [2.45, 2.75) is 26.4 Å². The molecule has 94 valence electrons. The molecule has 0 heterocycles. The molecule has 3 atom stereocenters. The van der Waals surface area contributed by atoms with E-state index < -0.39 is 6.10 Å². The van der Waals surface area contributed by atoms with E-state index >= 15 is 0 Å². The minimum atomic E-state index is -0.463. The third-order valence-electron chi connectivity index (χ3n) is 3.65. The van der Waals surface area contributed by atoms with Gasteiger partial charge in [0.2, 0.25) is 0 Å². The first-order valence-electron chi connectivity index (χ1n) is 6.17. The Morgan fingerprint density at radius 1 is 1.53 bits per heavy atom. The van der Waals surface area contributed by atoms with E-state index in [0.29, 0.717) is 0 Å². The van der Waals surface area contributed by atoms with Crippen LogP contribution in [0.4, 0.5) is 5.69 Å². The van der Waals surface area contributed by atoms with Crippen LogP contribution in [0.25, 0.3) is 0 Å². The first-order chi connectivity index (χ1) is 7.99. The van der Waals surface area contributed by atoms with Crippen LogP contribution < -0.4 is 4.90 Å². The number of anilines is 1. The van der Waals surface area contributed by atoms with E-state index in [0.717, 1.165) is 34.7 Å². The van der Waals surface area contributed by atoms with E-state index in [1.807, 2.05) is 18.2 Å². The van der Waals surface area contributed by atoms with Gasteiger partial charge in [0.25, 0.3) is 0 Å². The van der Waals surface area contributed by atoms with Crippen molar-refractivity contribution >= 4 is 17.3 Å². The van der Waals surface area contributed by atoms with Gasteiger partial charge in [-0.05, 0) is 42.9 Å². The van der Waals surface area contributed by atoms with Crippen LogP contribution in [0.1, 0.15) is 31.9 Å². The van der Waals surface area contributed by atoms with Crippen LogP contribution in [0.2, 0.25) is 5.02 Å². The second-order valence-corrected chi connectivity index (χ2v) is 5.65. The Hall–Kier alpha value is -0.730. The van der Waals surface area contributed by atoms with Gasteiger partial charge in [-0.25, -0.2) is 0 Å². The quantitative estimate of drug-likeness (QED) is 0.888. The van der Waals surface area contributed by atoms with Crippen LogP contribution in [0, 0.1) is 11.8 Å². The van der Waals surface area contributed by atoms with Crippen molar-refractivity contribution in [3.8, 4) is 0 Å². The summed E-state index contributed by atoms with van der Waals surface area (Å²) in [5, 5.41) is 10.2. The summed E-state index contributed by atoms with van der Waals surface area (Å²) >= 11 is 6.26. The number of benzene rings is 1. The molecule has 1 aromatic rings. The Kier molecular flexibility index (Phi) is 3.64. The zero-order valence-electron chi connectivity index (χ0n) is 10.7. The van der Waals surface area contributed by atoms with E-state index in [-0.39, 0.29) is 0 Å². The molecule has 0 aromatic heterocycles. The highest BCUT2D eigenvalue weighted by atomic mass is 35.5. The zero-order chi connectivity index (χ0) is 12.6. The predicted octanol–water partition coefficient (Wildman–Crippen LogP) is 3.49. The molecule has 0 saturated heterocycles. The van der Waals surface area contributed by atoms with Crippen LogP contribution in [0.5, 0.6) is 0 Å². The molecular formula is C14H20ClNO. The minimum Gasteiger partial charge on any atom is -0.389 e. The van der Waals surface area contributed by atoms with Gasteiger partial charge in [-0.3, -0.25) is 0 Å². The molecule has 1 aliphatic rings. The Morgan fingerprint density at radius 2 is 2.18 bits per heavy atom. The second-order valence-electron chi connectivity index (χ2n) is 5.24. The predicted molar refractivity (Wildman–Crippen MR) is 72.6 cm³/mol. The fourth-order valence-electron chi connectivity index (χ4n) is 2.20. The normalized spacial score (nSPS) is 24.5. The lowest BCUT2D eigenvalue weighted by atomic mass is 10.1. The molecule has 3 heteroatoms. The SMILES string of the molecule is CC(O)c1ccc(N(C)CC2CC2C)c(Cl)c1. The van der Waals surface area contributed by atoms with Gasteiger partial charge in [-0.1, -0.05) is 24.6 Å². The van der Waals surface area contributed by atoms with Crippen LogP contribution in [-0.4, -0.2) is 18.7 Å². The molecular weight excluding hydrogens is 234 g/mol. The van der Waals surface area contributed by atoms with Crippen molar-refractivity contribution in [1.29, 1.82) is 0 Å². The number of hydrogen-bond acceptors (Lipinski definition) is 2. The molecule has 1 aliphatic carbocycles. The summed E-state index contributed by atoms with van der Waals surface area (Å²) in [6.45, 7) is 5.10. The summed E-state index contributed by atoms with van der Waals surface area (Å²) in [4.78, 5) is 2.21. The maximum Gasteiger partial charge on any atom is 0.0762 e. The van der Waals surface area contributed by atoms with Crippen molar-refractivity contribution in [2.75, 3.05) is 18.5 Å². The van der Waals surface area contributed by atoms with Gasteiger partial charge in [-0.2, -0.15) is 0 Å². The van der Waals surface area contributed by atoms with E-state index in [1.165, 1.54) is 6.42 Å². The first-order valence-corrected chi connectivity index (χ1v) is 6.55. The first kappa shape index (κ1) is 12.7. The lowest BCUT2D eigenvalue weighted by Crippen LogP contribution is -2.20. The molecule has 1 saturated carbocycles. The van der Waals surface area contributed by atoms with Crippen molar-refractivity contribution in [2.24, 2.45) is 11.8 Å². The number of rotatable bonds is 4. The van der Waals surface area contributed by atoms with Crippen molar-refractivity contribution in [3.05, 3.63) is 28.8 Å². The van der Waals surface area contributed by atoms with Crippen molar-refractivity contribution < 1.29 is 5.11 Å². The van der Waals surface area contributed by atoms with E-state index in [1.54, 1.807) is 6.92 Å². The van der Waals surface area contributed by atoms with Gasteiger partial charge in [0, 0.05) is 13.6 Å². The number of nitrogens with zero attached hydrogens (tertiary/aromatic N) is 1. The molecule has 0 bridgehead atoms. The number of hydrogen-bond donors (Lipinski definition) is 1. The summed E-state index contributed by atoms with van der Waals surface area (Å²) in [6, 6.07) is 5.80. The maximum atomic E-state index is 9.50. The fourth-order valence-corrected chi connectivity index (χ4v) is 2.53. The van der Waals surface area contributed by atoms with Gasteiger partial charge < -0.3 is 10.0 Å². The Bertz CT molecular complexity index is 405. The highest BCUT2D eigenvalue weighted by Crippen LogP contribution is 2.39. The van der Waals surface area contributed by atoms with Crippen molar-refractivity contribution in [1.82, 2.24) is 0 Å². The van der Waals surface area contributed by atoms with Gasteiger partial charge >= 0.3 is 0 Å². The third-order valence-corrected chi connectivity index (χ3v) is 3.95. The summed E-state index contributed by atoms with van der Waals surface area (Å²) in [5.74, 6) is 1.67. The van der Waals surface area contributed by atoms with Gasteiger partial charge in [0.05, 0.1) is 16.8 Å². The summed E-state index contributed by atoms with van der Waals surface area (Å²) in [6.07, 6.45) is 0.864. The monoisotopic (exact) mass is 253 g/mol. The van der Waals surface area contributed by atoms with Gasteiger partial charge in [-0.15, -0.1) is 0 Å². The molecule has 1 fully saturated rings. The lowest BCUT2D eigenvalue weighted by molar-refractivity contribution is 0.199. The van der Waals surface area contributed by atoms with Crippen molar-refractivity contribution in [3.63, 3.8) is 0 Å². The maximum absolute atomic E-state index is 9.50. The summed E-state index contributed by atoms with van der Waals surface area (Å²) in [5.41, 5.74) is 1.92. The number of aliphatic hydroxyl groups excluding tert-OH is 1. The molecule has 3 unspecified atom stereocenters. The largest absolute Gasteiger partial charge is 0.389 e. The molecule has 0 aliphatic heterocycles. The number of aliphatic hydroxyl groups is 1. The highest BCUT2D eigenvalue weighted by molar-refractivity contribution is 6.33. The third kappa shape index (κ3) is 2.93. The minimum absolute atomic E-state index is 0.463. The lowest BCUT2D eigenvalue weighted by Gasteiger charge is -2.21. The summed E-state index contributed by atoms with van der Waals surface area (Å²) in [7, 11) is 2.08. The molecule has 0 radical (unpaired) electrons. The molecule has 0 amide bonds. The average molecular weight is 254 g/mol. The fraction of sp³-hybridized carbons (Fsp3) is 0.571. The molecule has 2 rings (SSSR count). The van der Waals surface area contributed by atoms with E-state index in [4.69, 9.17) is 11.6 Å². The Balaban J connectivity index is 2.09. The topological polar surface area (TPSA) is 23.5 Å². The van der Waals surface area contributed by atoms with Gasteiger partial charge in [0.1, 0.15) is 0 Å². The molecule has 1 aromatic carbocycles. The Labute approximate surface area is 108 Å². The van der Waals surface area contributed by atoms with E-state index in [2.05, 4.69) is 18.9 Å². The van der Waals surface area contributed by atoms with Gasteiger partial charge in [0.15, 0.2) is 0 Å². The van der Waals surface area contributed by atoms with Crippen LogP contribution in [-0.2, 0) is 0 Å². The summed E-state index contributed by atoms with van der Waals surface area (Å²) < 4.78 is 0. The molecule has 17 heavy (non-hydrogen) atoms. The van der Waals surface area contributed by atoms with Crippen LogP contribution >= 0.6 is 11.6 Å².